The van der Waals surface area contributed by atoms with Crippen LogP contribution >= 0.6 is 0 Å². The lowest BCUT2D eigenvalue weighted by Crippen LogP contribution is -2.15. The van der Waals surface area contributed by atoms with Crippen LogP contribution in [0.3, 0.4) is 0 Å². The molecular weight excluding hydrogens is 400 g/mol. The third-order valence-corrected chi connectivity index (χ3v) is 5.47. The van der Waals surface area contributed by atoms with Crippen molar-refractivity contribution in [3.63, 3.8) is 0 Å². The van der Waals surface area contributed by atoms with Crippen molar-refractivity contribution in [2.75, 3.05) is 6.61 Å². The summed E-state index contributed by atoms with van der Waals surface area (Å²) in [5.41, 5.74) is 4.96. The monoisotopic (exact) mass is 426 g/mol. The van der Waals surface area contributed by atoms with E-state index in [4.69, 9.17) is 4.74 Å². The van der Waals surface area contributed by atoms with Gasteiger partial charge < -0.3 is 4.74 Å². The van der Waals surface area contributed by atoms with Crippen LogP contribution in [0.5, 0.6) is 0 Å². The number of carbonyl (C=O) groups excluding carboxylic acids is 2. The zero-order valence-electron chi connectivity index (χ0n) is 18.5. The van der Waals surface area contributed by atoms with Gasteiger partial charge in [-0.25, -0.2) is 0 Å². The molecule has 0 radical (unpaired) electrons. The van der Waals surface area contributed by atoms with Crippen LogP contribution in [0.15, 0.2) is 66.9 Å². The highest BCUT2D eigenvalue weighted by atomic mass is 16.5. The van der Waals surface area contributed by atoms with Gasteiger partial charge in [0.1, 0.15) is 0 Å². The van der Waals surface area contributed by atoms with Crippen molar-refractivity contribution >= 4 is 11.8 Å². The van der Waals surface area contributed by atoms with Crippen LogP contribution in [0.1, 0.15) is 63.5 Å². The first-order chi connectivity index (χ1) is 15.4. The number of hydrogen-bond acceptors (Lipinski definition) is 5. The molecule has 0 saturated carbocycles. The standard InChI is InChI=1S/C27H26N2O3/c1-4-32-27(31)25(17-28)21-10-7-9-20(15-21)24(23-11-6-5-8-18(23)2)16-26(30)22-12-13-29-19(3)14-22/h5-15,24-25H,4,16H2,1-3H3. The summed E-state index contributed by atoms with van der Waals surface area (Å²) in [4.78, 5) is 29.6. The Kier molecular flexibility index (Phi) is 7.51. The molecule has 32 heavy (non-hydrogen) atoms. The summed E-state index contributed by atoms with van der Waals surface area (Å²) in [6, 6.07) is 20.9. The molecule has 1 aromatic heterocycles. The van der Waals surface area contributed by atoms with Crippen LogP contribution in [0.25, 0.3) is 0 Å². The lowest BCUT2D eigenvalue weighted by atomic mass is 9.82. The number of rotatable bonds is 8. The van der Waals surface area contributed by atoms with Crippen molar-refractivity contribution in [2.45, 2.75) is 39.0 Å². The van der Waals surface area contributed by atoms with Crippen LogP contribution in [0, 0.1) is 25.2 Å². The first-order valence-corrected chi connectivity index (χ1v) is 10.6. The molecule has 5 heteroatoms. The van der Waals surface area contributed by atoms with E-state index in [-0.39, 0.29) is 24.7 Å². The van der Waals surface area contributed by atoms with E-state index in [9.17, 15) is 14.9 Å². The second-order valence-electron chi connectivity index (χ2n) is 7.71. The fraction of sp³-hybridized carbons (Fsp3) is 0.259. The molecule has 0 amide bonds. The third kappa shape index (κ3) is 5.28. The van der Waals surface area contributed by atoms with Gasteiger partial charge >= 0.3 is 5.97 Å². The van der Waals surface area contributed by atoms with E-state index in [1.54, 1.807) is 31.3 Å². The van der Waals surface area contributed by atoms with Crippen molar-refractivity contribution in [1.29, 1.82) is 5.26 Å². The normalized spacial score (nSPS) is 12.4. The van der Waals surface area contributed by atoms with Gasteiger partial charge in [0.05, 0.1) is 12.7 Å². The molecule has 162 valence electrons. The van der Waals surface area contributed by atoms with Crippen LogP contribution in [0.4, 0.5) is 0 Å². The molecule has 0 saturated heterocycles. The predicted octanol–water partition coefficient (Wildman–Crippen LogP) is 5.27. The minimum Gasteiger partial charge on any atom is -0.465 e. The van der Waals surface area contributed by atoms with Crippen LogP contribution in [-0.2, 0) is 9.53 Å². The number of aryl methyl sites for hydroxylation is 2. The summed E-state index contributed by atoms with van der Waals surface area (Å²) in [6.07, 6.45) is 1.90. The van der Waals surface area contributed by atoms with Gasteiger partial charge in [0.15, 0.2) is 11.7 Å². The Morgan fingerprint density at radius 3 is 2.47 bits per heavy atom. The molecule has 0 fully saturated rings. The number of aromatic nitrogens is 1. The maximum absolute atomic E-state index is 13.2. The Morgan fingerprint density at radius 1 is 1.03 bits per heavy atom. The maximum Gasteiger partial charge on any atom is 0.327 e. The highest BCUT2D eigenvalue weighted by Gasteiger charge is 2.25. The Balaban J connectivity index is 2.03. The van der Waals surface area contributed by atoms with Crippen molar-refractivity contribution in [3.8, 4) is 6.07 Å². The molecule has 0 N–H and O–H groups in total. The molecule has 0 aliphatic rings. The number of carbonyl (C=O) groups is 2. The summed E-state index contributed by atoms with van der Waals surface area (Å²) in [5, 5.41) is 9.58. The van der Waals surface area contributed by atoms with E-state index in [0.717, 1.165) is 22.4 Å². The molecule has 2 atom stereocenters. The molecule has 0 aliphatic carbocycles. The zero-order valence-corrected chi connectivity index (χ0v) is 18.5. The number of pyridine rings is 1. The maximum atomic E-state index is 13.2. The fourth-order valence-electron chi connectivity index (χ4n) is 3.85. The minimum atomic E-state index is -1.01. The smallest absolute Gasteiger partial charge is 0.327 e. The quantitative estimate of drug-likeness (QED) is 0.362. The number of hydrogen-bond donors (Lipinski definition) is 0. The van der Waals surface area contributed by atoms with Gasteiger partial charge in [0.2, 0.25) is 0 Å². The number of benzene rings is 2. The van der Waals surface area contributed by atoms with Gasteiger partial charge in [-0.1, -0.05) is 48.5 Å². The van der Waals surface area contributed by atoms with Crippen LogP contribution in [0.2, 0.25) is 0 Å². The summed E-state index contributed by atoms with van der Waals surface area (Å²) >= 11 is 0. The predicted molar refractivity (Wildman–Crippen MR) is 122 cm³/mol. The third-order valence-electron chi connectivity index (χ3n) is 5.47. The molecule has 0 bridgehead atoms. The number of ketones is 1. The van der Waals surface area contributed by atoms with Gasteiger partial charge in [-0.05, 0) is 55.2 Å². The number of Topliss-reactive ketones (excluding diaryl/α,β-unsaturated/α-hetero) is 1. The Morgan fingerprint density at radius 2 is 1.78 bits per heavy atom. The van der Waals surface area contributed by atoms with E-state index >= 15 is 0 Å². The topological polar surface area (TPSA) is 80.0 Å². The fourth-order valence-corrected chi connectivity index (χ4v) is 3.85. The molecule has 3 aromatic rings. The summed E-state index contributed by atoms with van der Waals surface area (Å²) in [7, 11) is 0. The average Bonchev–Trinajstić information content (AvgIpc) is 2.79. The van der Waals surface area contributed by atoms with E-state index < -0.39 is 11.9 Å². The second kappa shape index (κ2) is 10.5. The van der Waals surface area contributed by atoms with Crippen molar-refractivity contribution in [3.05, 3.63) is 100 Å². The Hall–Kier alpha value is -3.78. The van der Waals surface area contributed by atoms with E-state index in [0.29, 0.717) is 11.1 Å². The van der Waals surface area contributed by atoms with Crippen LogP contribution in [-0.4, -0.2) is 23.3 Å². The summed E-state index contributed by atoms with van der Waals surface area (Å²) in [5.74, 6) is -1.79. The summed E-state index contributed by atoms with van der Waals surface area (Å²) < 4.78 is 5.07. The zero-order chi connectivity index (χ0) is 23.1. The Labute approximate surface area is 188 Å². The van der Waals surface area contributed by atoms with E-state index in [1.165, 1.54) is 0 Å². The van der Waals surface area contributed by atoms with Crippen molar-refractivity contribution in [2.24, 2.45) is 0 Å². The molecule has 2 unspecified atom stereocenters. The summed E-state index contributed by atoms with van der Waals surface area (Å²) in [6.45, 7) is 5.80. The minimum absolute atomic E-state index is 0.0105. The molecule has 2 aromatic carbocycles. The van der Waals surface area contributed by atoms with E-state index in [1.807, 2.05) is 62.4 Å². The molecular formula is C27H26N2O3. The van der Waals surface area contributed by atoms with Gasteiger partial charge in [0.25, 0.3) is 0 Å². The van der Waals surface area contributed by atoms with Gasteiger partial charge in [-0.3, -0.25) is 14.6 Å². The molecule has 0 aliphatic heterocycles. The first kappa shape index (κ1) is 22.9. The lowest BCUT2D eigenvalue weighted by molar-refractivity contribution is -0.143. The molecule has 5 nitrogen and oxygen atoms in total. The lowest BCUT2D eigenvalue weighted by Gasteiger charge is -2.21. The van der Waals surface area contributed by atoms with Gasteiger partial charge in [-0.15, -0.1) is 0 Å². The van der Waals surface area contributed by atoms with Crippen molar-refractivity contribution < 1.29 is 14.3 Å². The number of esters is 1. The first-order valence-electron chi connectivity index (χ1n) is 10.6. The van der Waals surface area contributed by atoms with Crippen LogP contribution < -0.4 is 0 Å². The largest absolute Gasteiger partial charge is 0.465 e. The number of ether oxygens (including phenoxy) is 1. The van der Waals surface area contributed by atoms with Crippen molar-refractivity contribution in [1.82, 2.24) is 4.98 Å². The highest BCUT2D eigenvalue weighted by molar-refractivity contribution is 5.97. The molecule has 0 spiro atoms. The van der Waals surface area contributed by atoms with Gasteiger partial charge in [0, 0.05) is 29.8 Å². The molecule has 3 rings (SSSR count). The SMILES string of the molecule is CCOC(=O)C(C#N)c1cccc(C(CC(=O)c2ccnc(C)c2)c2ccccc2C)c1. The van der Waals surface area contributed by atoms with E-state index in [2.05, 4.69) is 4.98 Å². The molecule has 1 heterocycles. The number of nitrogens with zero attached hydrogens (tertiary/aromatic N) is 2. The second-order valence-corrected chi connectivity index (χ2v) is 7.71. The average molecular weight is 427 g/mol. The Bertz CT molecular complexity index is 1160. The van der Waals surface area contributed by atoms with Gasteiger partial charge in [-0.2, -0.15) is 5.26 Å². The highest BCUT2D eigenvalue weighted by Crippen LogP contribution is 2.33. The number of nitriles is 1.